The van der Waals surface area contributed by atoms with E-state index in [9.17, 15) is 9.59 Å². The summed E-state index contributed by atoms with van der Waals surface area (Å²) in [6.45, 7) is 0. The number of carboxylic acid groups (broad SMARTS) is 1. The van der Waals surface area contributed by atoms with Gasteiger partial charge in [0.1, 0.15) is 10.2 Å². The molecule has 0 atom stereocenters. The molecule has 1 heterocycles. The van der Waals surface area contributed by atoms with E-state index in [0.29, 0.717) is 0 Å². The van der Waals surface area contributed by atoms with Gasteiger partial charge in [0, 0.05) is 6.20 Å². The van der Waals surface area contributed by atoms with Crippen LogP contribution in [0.4, 0.5) is 0 Å². The predicted molar refractivity (Wildman–Crippen MR) is 39.2 cm³/mol. The maximum Gasteiger partial charge on any atom is 0.340 e. The van der Waals surface area contributed by atoms with Gasteiger partial charge in [-0.25, -0.2) is 9.59 Å². The van der Waals surface area contributed by atoms with Gasteiger partial charge in [-0.2, -0.15) is 0 Å². The Morgan fingerprint density at radius 2 is 2.27 bits per heavy atom. The molecular formula is C5H4N2O3S. The molecule has 0 aliphatic carbocycles. The van der Waals surface area contributed by atoms with Crippen molar-refractivity contribution >= 4 is 18.2 Å². The summed E-state index contributed by atoms with van der Waals surface area (Å²) in [5.41, 5.74) is -0.625. The zero-order valence-corrected chi connectivity index (χ0v) is 6.07. The third-order valence-corrected chi connectivity index (χ3v) is 1.37. The van der Waals surface area contributed by atoms with E-state index < -0.39 is 11.7 Å². The Kier molecular flexibility index (Phi) is 1.86. The van der Waals surface area contributed by atoms with Crippen LogP contribution in [-0.4, -0.2) is 21.0 Å². The van der Waals surface area contributed by atoms with Gasteiger partial charge >= 0.3 is 11.7 Å². The monoisotopic (exact) mass is 172 g/mol. The normalized spacial score (nSPS) is 9.45. The molecule has 0 aliphatic rings. The van der Waals surface area contributed by atoms with E-state index in [4.69, 9.17) is 5.11 Å². The molecule has 11 heavy (non-hydrogen) atoms. The molecule has 1 rings (SSSR count). The molecule has 1 aromatic heterocycles. The standard InChI is InChI=1S/C5H4N2O3S/c8-4(9)2-1-6-5(10)7-3(2)11/h1H,(H,8,9)(H2,6,7,10,11). The molecule has 1 aromatic rings. The summed E-state index contributed by atoms with van der Waals surface area (Å²) in [6.07, 6.45) is 1.06. The first-order valence-corrected chi connectivity index (χ1v) is 3.07. The Labute approximate surface area is 65.7 Å². The zero-order valence-electron chi connectivity index (χ0n) is 5.25. The van der Waals surface area contributed by atoms with E-state index in [0.717, 1.165) is 6.20 Å². The molecule has 0 unspecified atom stereocenters. The van der Waals surface area contributed by atoms with Crippen molar-refractivity contribution in [3.63, 3.8) is 0 Å². The van der Waals surface area contributed by atoms with Gasteiger partial charge in [-0.3, -0.25) is 4.98 Å². The maximum absolute atomic E-state index is 10.5. The molecule has 0 amide bonds. The van der Waals surface area contributed by atoms with Gasteiger partial charge in [0.2, 0.25) is 0 Å². The summed E-state index contributed by atoms with van der Waals surface area (Å²) in [6, 6.07) is 0. The second-order valence-corrected chi connectivity index (χ2v) is 2.20. The van der Waals surface area contributed by atoms with Gasteiger partial charge in [-0.15, -0.1) is 0 Å². The lowest BCUT2D eigenvalue weighted by Gasteiger charge is -1.90. The van der Waals surface area contributed by atoms with Crippen molar-refractivity contribution in [1.29, 1.82) is 0 Å². The van der Waals surface area contributed by atoms with Crippen LogP contribution in [0.3, 0.4) is 0 Å². The Bertz CT molecular complexity index is 391. The molecule has 0 aromatic carbocycles. The van der Waals surface area contributed by atoms with E-state index in [1.165, 1.54) is 0 Å². The van der Waals surface area contributed by atoms with Crippen molar-refractivity contribution < 1.29 is 9.90 Å². The number of hydrogen-bond acceptors (Lipinski definition) is 3. The Hall–Kier alpha value is -1.43. The van der Waals surface area contributed by atoms with Crippen LogP contribution in [0.25, 0.3) is 0 Å². The minimum atomic E-state index is -1.16. The number of aromatic carboxylic acids is 1. The molecule has 0 aliphatic heterocycles. The van der Waals surface area contributed by atoms with Crippen molar-refractivity contribution in [2.45, 2.75) is 0 Å². The molecule has 3 N–H and O–H groups in total. The fourth-order valence-electron chi connectivity index (χ4n) is 0.569. The topological polar surface area (TPSA) is 85.9 Å². The van der Waals surface area contributed by atoms with Gasteiger partial charge in [-0.1, -0.05) is 12.2 Å². The SMILES string of the molecule is O=C(O)c1c[nH]c(=O)[nH]c1=S. The van der Waals surface area contributed by atoms with Crippen molar-refractivity contribution in [1.82, 2.24) is 9.97 Å². The number of carboxylic acids is 1. The van der Waals surface area contributed by atoms with E-state index in [-0.39, 0.29) is 10.2 Å². The lowest BCUT2D eigenvalue weighted by atomic mass is 10.4. The molecule has 0 radical (unpaired) electrons. The molecule has 0 spiro atoms. The highest BCUT2D eigenvalue weighted by molar-refractivity contribution is 7.71. The third-order valence-electron chi connectivity index (χ3n) is 1.05. The van der Waals surface area contributed by atoms with Crippen molar-refractivity contribution in [3.05, 3.63) is 26.9 Å². The summed E-state index contributed by atoms with van der Waals surface area (Å²) < 4.78 is -0.0683. The fourth-order valence-corrected chi connectivity index (χ4v) is 0.808. The Morgan fingerprint density at radius 1 is 1.64 bits per heavy atom. The molecule has 58 valence electrons. The molecule has 0 fully saturated rings. The molecule has 0 bridgehead atoms. The summed E-state index contributed by atoms with van der Waals surface area (Å²) in [5, 5.41) is 8.45. The lowest BCUT2D eigenvalue weighted by molar-refractivity contribution is 0.0695. The minimum Gasteiger partial charge on any atom is -0.478 e. The summed E-state index contributed by atoms with van der Waals surface area (Å²) in [5.74, 6) is -1.16. The highest BCUT2D eigenvalue weighted by atomic mass is 32.1. The number of rotatable bonds is 1. The average Bonchev–Trinajstić information content (AvgIpc) is 1.85. The number of hydrogen-bond donors (Lipinski definition) is 3. The summed E-state index contributed by atoms with van der Waals surface area (Å²) >= 11 is 4.56. The first-order valence-electron chi connectivity index (χ1n) is 2.66. The van der Waals surface area contributed by atoms with Crippen LogP contribution in [0.5, 0.6) is 0 Å². The maximum atomic E-state index is 10.5. The molecular weight excluding hydrogens is 168 g/mol. The van der Waals surface area contributed by atoms with Crippen molar-refractivity contribution in [2.24, 2.45) is 0 Å². The Balaban J connectivity index is 3.43. The average molecular weight is 172 g/mol. The first kappa shape index (κ1) is 7.67. The highest BCUT2D eigenvalue weighted by Gasteiger charge is 2.03. The van der Waals surface area contributed by atoms with Crippen LogP contribution >= 0.6 is 12.2 Å². The molecule has 6 heteroatoms. The summed E-state index contributed by atoms with van der Waals surface area (Å²) in [4.78, 5) is 25.1. The largest absolute Gasteiger partial charge is 0.478 e. The van der Waals surface area contributed by atoms with Crippen LogP contribution in [-0.2, 0) is 0 Å². The number of aromatic amines is 2. The smallest absolute Gasteiger partial charge is 0.340 e. The van der Waals surface area contributed by atoms with E-state index >= 15 is 0 Å². The van der Waals surface area contributed by atoms with Gasteiger partial charge in [-0.05, 0) is 0 Å². The van der Waals surface area contributed by atoms with Gasteiger partial charge in [0.15, 0.2) is 0 Å². The van der Waals surface area contributed by atoms with E-state index in [2.05, 4.69) is 22.2 Å². The Morgan fingerprint density at radius 3 is 2.73 bits per heavy atom. The molecule has 0 saturated carbocycles. The second kappa shape index (κ2) is 2.67. The van der Waals surface area contributed by atoms with Crippen LogP contribution in [0.2, 0.25) is 0 Å². The zero-order chi connectivity index (χ0) is 8.43. The van der Waals surface area contributed by atoms with Crippen LogP contribution in [0.15, 0.2) is 11.0 Å². The number of nitrogens with one attached hydrogen (secondary N) is 2. The quantitative estimate of drug-likeness (QED) is 0.525. The van der Waals surface area contributed by atoms with E-state index in [1.807, 2.05) is 0 Å². The number of H-pyrrole nitrogens is 2. The van der Waals surface area contributed by atoms with Crippen molar-refractivity contribution in [2.75, 3.05) is 0 Å². The highest BCUT2D eigenvalue weighted by Crippen LogP contribution is 1.93. The minimum absolute atomic E-state index is 0.0683. The third kappa shape index (κ3) is 1.53. The number of carbonyl (C=O) groups is 1. The first-order chi connectivity index (χ1) is 5.11. The van der Waals surface area contributed by atoms with Crippen LogP contribution < -0.4 is 5.69 Å². The predicted octanol–water partition coefficient (Wildman–Crippen LogP) is 0.131. The van der Waals surface area contributed by atoms with Gasteiger partial charge in [0.25, 0.3) is 0 Å². The number of aromatic nitrogens is 2. The van der Waals surface area contributed by atoms with Crippen LogP contribution in [0, 0.1) is 4.64 Å². The molecule has 5 nitrogen and oxygen atoms in total. The van der Waals surface area contributed by atoms with Crippen molar-refractivity contribution in [3.8, 4) is 0 Å². The van der Waals surface area contributed by atoms with E-state index in [1.54, 1.807) is 0 Å². The van der Waals surface area contributed by atoms with Gasteiger partial charge in [0.05, 0.1) is 0 Å². The second-order valence-electron chi connectivity index (χ2n) is 1.79. The summed E-state index contributed by atoms with van der Waals surface area (Å²) in [7, 11) is 0. The molecule has 0 saturated heterocycles. The fraction of sp³-hybridized carbons (Fsp3) is 0. The van der Waals surface area contributed by atoms with Crippen LogP contribution in [0.1, 0.15) is 10.4 Å². The lowest BCUT2D eigenvalue weighted by Crippen LogP contribution is -2.13. The van der Waals surface area contributed by atoms with Gasteiger partial charge < -0.3 is 10.1 Å².